The van der Waals surface area contributed by atoms with Crippen LogP contribution in [0.5, 0.6) is 0 Å². The molecule has 0 atom stereocenters. The Morgan fingerprint density at radius 1 is 1.24 bits per heavy atom. The molecule has 0 aromatic heterocycles. The lowest BCUT2D eigenvalue weighted by atomic mass is 10.0. The second-order valence-electron chi connectivity index (χ2n) is 4.41. The zero-order chi connectivity index (χ0) is 13.0. The number of allylic oxidation sites excluding steroid dienone is 5. The summed E-state index contributed by atoms with van der Waals surface area (Å²) < 4.78 is 0. The zero-order valence-corrected chi connectivity index (χ0v) is 10.7. The Morgan fingerprint density at radius 3 is 2.35 bits per heavy atom. The third-order valence-corrected chi connectivity index (χ3v) is 2.40. The van der Waals surface area contributed by atoms with Crippen LogP contribution in [-0.4, -0.2) is 0 Å². The zero-order valence-electron chi connectivity index (χ0n) is 10.7. The smallest absolute Gasteiger partial charge is 0.0349 e. The van der Waals surface area contributed by atoms with Crippen molar-refractivity contribution >= 4 is 11.3 Å². The van der Waals surface area contributed by atoms with Crippen LogP contribution in [-0.2, 0) is 0 Å². The van der Waals surface area contributed by atoms with Crippen molar-refractivity contribution < 1.29 is 0 Å². The normalized spacial score (nSPS) is 12.6. The molecule has 0 unspecified atom stereocenters. The molecule has 0 amide bonds. The molecule has 1 aromatic rings. The molecular formula is C15H20N2. The van der Waals surface area contributed by atoms with Crippen LogP contribution in [0, 0.1) is 6.92 Å². The van der Waals surface area contributed by atoms with Gasteiger partial charge in [-0.1, -0.05) is 30.4 Å². The van der Waals surface area contributed by atoms with Gasteiger partial charge in [-0.05, 0) is 49.6 Å². The molecule has 1 aromatic carbocycles. The average molecular weight is 228 g/mol. The Hall–Kier alpha value is -1.96. The van der Waals surface area contributed by atoms with E-state index >= 15 is 0 Å². The summed E-state index contributed by atoms with van der Waals surface area (Å²) in [5, 5.41) is 0. The van der Waals surface area contributed by atoms with Crippen molar-refractivity contribution in [3.63, 3.8) is 0 Å². The summed E-state index contributed by atoms with van der Waals surface area (Å²) in [7, 11) is 0. The third-order valence-electron chi connectivity index (χ3n) is 2.40. The van der Waals surface area contributed by atoms with Gasteiger partial charge in [0.05, 0.1) is 0 Å². The summed E-state index contributed by atoms with van der Waals surface area (Å²) in [4.78, 5) is 0. The minimum atomic E-state index is 0.761. The molecular weight excluding hydrogens is 208 g/mol. The first-order chi connectivity index (χ1) is 7.90. The highest BCUT2D eigenvalue weighted by Crippen LogP contribution is 2.22. The van der Waals surface area contributed by atoms with Crippen molar-refractivity contribution in [2.75, 3.05) is 5.73 Å². The van der Waals surface area contributed by atoms with Crippen LogP contribution < -0.4 is 11.5 Å². The third kappa shape index (κ3) is 3.83. The lowest BCUT2D eigenvalue weighted by Gasteiger charge is -2.07. The Morgan fingerprint density at radius 2 is 1.88 bits per heavy atom. The van der Waals surface area contributed by atoms with E-state index in [1.54, 1.807) is 0 Å². The minimum Gasteiger partial charge on any atom is -0.402 e. The van der Waals surface area contributed by atoms with Gasteiger partial charge < -0.3 is 11.5 Å². The Kier molecular flexibility index (Phi) is 4.16. The number of nitrogens with two attached hydrogens (primary N) is 2. The van der Waals surface area contributed by atoms with Gasteiger partial charge in [0.25, 0.3) is 0 Å². The van der Waals surface area contributed by atoms with Crippen LogP contribution in [0.2, 0.25) is 0 Å². The van der Waals surface area contributed by atoms with Gasteiger partial charge in [0.1, 0.15) is 0 Å². The predicted octanol–water partition coefficient (Wildman–Crippen LogP) is 3.40. The summed E-state index contributed by atoms with van der Waals surface area (Å²) in [6, 6.07) is 6.01. The van der Waals surface area contributed by atoms with Gasteiger partial charge >= 0.3 is 0 Å². The number of anilines is 1. The van der Waals surface area contributed by atoms with Crippen molar-refractivity contribution in [2.45, 2.75) is 20.8 Å². The molecule has 0 saturated heterocycles. The molecule has 0 spiro atoms. The van der Waals surface area contributed by atoms with E-state index in [2.05, 4.69) is 6.58 Å². The highest BCUT2D eigenvalue weighted by atomic mass is 14.6. The second kappa shape index (κ2) is 5.39. The molecule has 0 fully saturated rings. The monoisotopic (exact) mass is 228 g/mol. The van der Waals surface area contributed by atoms with Gasteiger partial charge in [0.15, 0.2) is 0 Å². The number of aryl methyl sites for hydroxylation is 1. The quantitative estimate of drug-likeness (QED) is 0.615. The molecule has 17 heavy (non-hydrogen) atoms. The number of nitrogen functional groups attached to an aromatic ring is 1. The highest BCUT2D eigenvalue weighted by Gasteiger charge is 2.01. The van der Waals surface area contributed by atoms with Crippen molar-refractivity contribution in [2.24, 2.45) is 5.73 Å². The molecule has 0 aliphatic carbocycles. The molecule has 2 heteroatoms. The molecule has 1 rings (SSSR count). The Bertz CT molecular complexity index is 490. The van der Waals surface area contributed by atoms with Crippen molar-refractivity contribution in [3.05, 3.63) is 59.3 Å². The molecule has 2 nitrogen and oxygen atoms in total. The fraction of sp³-hybridized carbons (Fsp3) is 0.200. The number of rotatable bonds is 3. The summed E-state index contributed by atoms with van der Waals surface area (Å²) in [5.41, 5.74) is 17.4. The SMILES string of the molecule is C=C(C)/C=C(\C=C(/C)N)c1ccc(C)c(N)c1. The van der Waals surface area contributed by atoms with Crippen LogP contribution in [0.25, 0.3) is 5.57 Å². The Balaban J connectivity index is 3.27. The van der Waals surface area contributed by atoms with Crippen LogP contribution in [0.15, 0.2) is 48.2 Å². The van der Waals surface area contributed by atoms with E-state index in [0.717, 1.165) is 33.7 Å². The van der Waals surface area contributed by atoms with Crippen LogP contribution in [0.4, 0.5) is 5.69 Å². The van der Waals surface area contributed by atoms with E-state index in [9.17, 15) is 0 Å². The van der Waals surface area contributed by atoms with Gasteiger partial charge in [0, 0.05) is 11.4 Å². The van der Waals surface area contributed by atoms with Crippen LogP contribution in [0.3, 0.4) is 0 Å². The van der Waals surface area contributed by atoms with E-state index in [4.69, 9.17) is 11.5 Å². The summed E-state index contributed by atoms with van der Waals surface area (Å²) in [6.07, 6.45) is 3.93. The first kappa shape index (κ1) is 13.1. The van der Waals surface area contributed by atoms with E-state index in [1.165, 1.54) is 0 Å². The molecule has 0 bridgehead atoms. The summed E-state index contributed by atoms with van der Waals surface area (Å²) in [6.45, 7) is 9.70. The molecule has 0 saturated carbocycles. The first-order valence-corrected chi connectivity index (χ1v) is 5.57. The van der Waals surface area contributed by atoms with Gasteiger partial charge in [-0.25, -0.2) is 0 Å². The minimum absolute atomic E-state index is 0.761. The standard InChI is InChI=1S/C15H20N2/c1-10(2)7-14(8-12(4)16)13-6-5-11(3)15(17)9-13/h5-9H,1,16-17H2,2-4H3/b12-8+,14-7+. The van der Waals surface area contributed by atoms with E-state index in [0.29, 0.717) is 0 Å². The second-order valence-corrected chi connectivity index (χ2v) is 4.41. The van der Waals surface area contributed by atoms with E-state index in [-0.39, 0.29) is 0 Å². The topological polar surface area (TPSA) is 52.0 Å². The molecule has 0 radical (unpaired) electrons. The molecule has 0 heterocycles. The molecule has 90 valence electrons. The lowest BCUT2D eigenvalue weighted by molar-refractivity contribution is 1.31. The maximum absolute atomic E-state index is 5.92. The van der Waals surface area contributed by atoms with E-state index < -0.39 is 0 Å². The first-order valence-electron chi connectivity index (χ1n) is 5.57. The van der Waals surface area contributed by atoms with Crippen LogP contribution in [0.1, 0.15) is 25.0 Å². The number of hydrogen-bond acceptors (Lipinski definition) is 2. The van der Waals surface area contributed by atoms with Gasteiger partial charge in [-0.3, -0.25) is 0 Å². The van der Waals surface area contributed by atoms with E-state index in [1.807, 2.05) is 51.1 Å². The maximum atomic E-state index is 5.92. The maximum Gasteiger partial charge on any atom is 0.0349 e. The number of hydrogen-bond donors (Lipinski definition) is 2. The van der Waals surface area contributed by atoms with Gasteiger partial charge in [-0.2, -0.15) is 0 Å². The van der Waals surface area contributed by atoms with Crippen molar-refractivity contribution in [1.29, 1.82) is 0 Å². The van der Waals surface area contributed by atoms with Crippen LogP contribution >= 0.6 is 0 Å². The number of benzene rings is 1. The van der Waals surface area contributed by atoms with Gasteiger partial charge in [-0.15, -0.1) is 0 Å². The van der Waals surface area contributed by atoms with Gasteiger partial charge in [0.2, 0.25) is 0 Å². The molecule has 0 aliphatic heterocycles. The average Bonchev–Trinajstić information content (AvgIpc) is 2.19. The fourth-order valence-corrected chi connectivity index (χ4v) is 1.54. The highest BCUT2D eigenvalue weighted by molar-refractivity contribution is 5.78. The van der Waals surface area contributed by atoms with Crippen molar-refractivity contribution in [1.82, 2.24) is 0 Å². The fourth-order valence-electron chi connectivity index (χ4n) is 1.54. The summed E-state index contributed by atoms with van der Waals surface area (Å²) in [5.74, 6) is 0. The predicted molar refractivity (Wildman–Crippen MR) is 76.3 cm³/mol. The summed E-state index contributed by atoms with van der Waals surface area (Å²) >= 11 is 0. The molecule has 0 aliphatic rings. The van der Waals surface area contributed by atoms with Crippen molar-refractivity contribution in [3.8, 4) is 0 Å². The lowest BCUT2D eigenvalue weighted by Crippen LogP contribution is -1.94. The Labute approximate surface area is 103 Å². The largest absolute Gasteiger partial charge is 0.402 e. The molecule has 4 N–H and O–H groups in total.